The minimum Gasteiger partial charge on any atom is -0.480 e. The van der Waals surface area contributed by atoms with E-state index in [0.717, 1.165) is 6.08 Å². The molecule has 0 spiro atoms. The third kappa shape index (κ3) is 2.65. The summed E-state index contributed by atoms with van der Waals surface area (Å²) < 4.78 is 0. The summed E-state index contributed by atoms with van der Waals surface area (Å²) in [5.74, 6) is -6.33. The van der Waals surface area contributed by atoms with Crippen molar-refractivity contribution in [3.05, 3.63) is 53.1 Å². The molecule has 4 N–H and O–H groups in total. The van der Waals surface area contributed by atoms with Crippen molar-refractivity contribution in [2.24, 2.45) is 5.41 Å². The van der Waals surface area contributed by atoms with E-state index < -0.39 is 41.3 Å². The molecule has 24 heavy (non-hydrogen) atoms. The van der Waals surface area contributed by atoms with Crippen LogP contribution >= 0.6 is 0 Å². The Morgan fingerprint density at radius 2 is 1.33 bits per heavy atom. The average molecular weight is 332 g/mol. The maximum absolute atomic E-state index is 11.6. The molecular weight excluding hydrogens is 320 g/mol. The molecule has 0 bridgehead atoms. The highest BCUT2D eigenvalue weighted by molar-refractivity contribution is 6.12. The van der Waals surface area contributed by atoms with Crippen molar-refractivity contribution < 1.29 is 39.6 Å². The van der Waals surface area contributed by atoms with Crippen LogP contribution in [0.5, 0.6) is 0 Å². The van der Waals surface area contributed by atoms with Crippen LogP contribution in [0.4, 0.5) is 0 Å². The zero-order valence-corrected chi connectivity index (χ0v) is 12.1. The van der Waals surface area contributed by atoms with Crippen molar-refractivity contribution in [1.82, 2.24) is 0 Å². The van der Waals surface area contributed by atoms with Gasteiger partial charge < -0.3 is 20.4 Å². The van der Waals surface area contributed by atoms with E-state index in [4.69, 9.17) is 10.2 Å². The van der Waals surface area contributed by atoms with E-state index >= 15 is 0 Å². The first kappa shape index (κ1) is 16.9. The Balaban J connectivity index is 2.54. The number of benzene rings is 1. The fraction of sp³-hybridized carbons (Fsp3) is 0.125. The second-order valence-electron chi connectivity index (χ2n) is 5.15. The van der Waals surface area contributed by atoms with Gasteiger partial charge in [0.15, 0.2) is 0 Å². The van der Waals surface area contributed by atoms with E-state index in [1.165, 1.54) is 30.3 Å². The van der Waals surface area contributed by atoms with Crippen molar-refractivity contribution >= 4 is 29.5 Å². The molecule has 0 saturated carbocycles. The predicted molar refractivity (Wildman–Crippen MR) is 79.4 cm³/mol. The number of hydrogen-bond acceptors (Lipinski definition) is 4. The lowest BCUT2D eigenvalue weighted by Crippen LogP contribution is -2.44. The van der Waals surface area contributed by atoms with Gasteiger partial charge in [-0.2, -0.15) is 0 Å². The molecule has 0 aliphatic heterocycles. The fourth-order valence-corrected chi connectivity index (χ4v) is 2.52. The summed E-state index contributed by atoms with van der Waals surface area (Å²) in [6.07, 6.45) is 1.71. The summed E-state index contributed by atoms with van der Waals surface area (Å²) in [7, 11) is 0. The first-order chi connectivity index (χ1) is 11.2. The van der Waals surface area contributed by atoms with Crippen molar-refractivity contribution in [1.29, 1.82) is 0 Å². The Morgan fingerprint density at radius 1 is 0.792 bits per heavy atom. The van der Waals surface area contributed by atoms with Gasteiger partial charge in [-0.25, -0.2) is 9.59 Å². The van der Waals surface area contributed by atoms with E-state index in [1.54, 1.807) is 0 Å². The van der Waals surface area contributed by atoms with Crippen molar-refractivity contribution in [3.8, 4) is 0 Å². The molecule has 8 nitrogen and oxygen atoms in total. The van der Waals surface area contributed by atoms with Crippen LogP contribution in [0, 0.1) is 5.41 Å². The molecule has 0 fully saturated rings. The van der Waals surface area contributed by atoms with Crippen LogP contribution < -0.4 is 0 Å². The molecule has 0 saturated heterocycles. The molecular formula is C16H12O8. The van der Waals surface area contributed by atoms with E-state index in [2.05, 4.69) is 0 Å². The van der Waals surface area contributed by atoms with Gasteiger partial charge >= 0.3 is 23.9 Å². The first-order valence-corrected chi connectivity index (χ1v) is 6.65. The Hall–Kier alpha value is -3.42. The number of rotatable bonds is 5. The van der Waals surface area contributed by atoms with Crippen LogP contribution in [-0.4, -0.2) is 44.3 Å². The Morgan fingerprint density at radius 3 is 1.75 bits per heavy atom. The summed E-state index contributed by atoms with van der Waals surface area (Å²) in [6.45, 7) is 0. The molecule has 0 atom stereocenters. The number of allylic oxidation sites excluding steroid dienone is 3. The van der Waals surface area contributed by atoms with Crippen molar-refractivity contribution in [2.75, 3.05) is 0 Å². The van der Waals surface area contributed by atoms with E-state index in [0.29, 0.717) is 5.56 Å². The normalized spacial score (nSPS) is 15.8. The number of carboxylic acid groups (broad SMARTS) is 4. The summed E-state index contributed by atoms with van der Waals surface area (Å²) >= 11 is 0. The van der Waals surface area contributed by atoms with Gasteiger partial charge in [-0.05, 0) is 29.3 Å². The number of aliphatic carboxylic acids is 3. The highest BCUT2D eigenvalue weighted by atomic mass is 16.4. The molecule has 0 unspecified atom stereocenters. The maximum Gasteiger partial charge on any atom is 0.335 e. The van der Waals surface area contributed by atoms with Crippen LogP contribution in [0.3, 0.4) is 0 Å². The average Bonchev–Trinajstić information content (AvgIpc) is 2.53. The highest BCUT2D eigenvalue weighted by Crippen LogP contribution is 2.42. The lowest BCUT2D eigenvalue weighted by Gasteiger charge is -2.29. The lowest BCUT2D eigenvalue weighted by atomic mass is 9.71. The SMILES string of the molecule is O=C(O)C1=CC=C(c2ccc(C(=O)O)cc2)CC1(C(=O)O)C(=O)O. The molecule has 124 valence electrons. The number of hydrogen-bond donors (Lipinski definition) is 4. The van der Waals surface area contributed by atoms with Crippen LogP contribution in [0.2, 0.25) is 0 Å². The second kappa shape index (κ2) is 5.99. The van der Waals surface area contributed by atoms with Gasteiger partial charge in [0.05, 0.1) is 11.1 Å². The standard InChI is InChI=1S/C16H12O8/c17-12(18)9-3-1-8(2-4-9)10-5-6-11(13(19)20)16(7-10,14(21)22)15(23)24/h1-6H,7H2,(H,17,18)(H,19,20)(H,21,22)(H,23,24). The van der Waals surface area contributed by atoms with Crippen LogP contribution in [0.15, 0.2) is 42.0 Å². The summed E-state index contributed by atoms with van der Waals surface area (Å²) in [6, 6.07) is 5.39. The van der Waals surface area contributed by atoms with Gasteiger partial charge in [0.1, 0.15) is 0 Å². The van der Waals surface area contributed by atoms with Gasteiger partial charge in [-0.1, -0.05) is 18.2 Å². The van der Waals surface area contributed by atoms with Gasteiger partial charge in [0.2, 0.25) is 5.41 Å². The zero-order valence-electron chi connectivity index (χ0n) is 12.1. The Labute approximate surface area is 135 Å². The summed E-state index contributed by atoms with van der Waals surface area (Å²) in [4.78, 5) is 45.2. The number of carboxylic acids is 4. The smallest absolute Gasteiger partial charge is 0.335 e. The van der Waals surface area contributed by atoms with Gasteiger partial charge in [0, 0.05) is 6.42 Å². The molecule has 1 aromatic rings. The molecule has 0 amide bonds. The molecule has 1 aromatic carbocycles. The third-order valence-corrected chi connectivity index (χ3v) is 3.83. The van der Waals surface area contributed by atoms with Gasteiger partial charge in [-0.15, -0.1) is 0 Å². The topological polar surface area (TPSA) is 149 Å². The quantitative estimate of drug-likeness (QED) is 0.590. The molecule has 1 aliphatic rings. The summed E-state index contributed by atoms with van der Waals surface area (Å²) in [5.41, 5.74) is -2.65. The van der Waals surface area contributed by atoms with Crippen LogP contribution in [0.1, 0.15) is 22.3 Å². The minimum atomic E-state index is -2.61. The minimum absolute atomic E-state index is 0.0136. The van der Waals surface area contributed by atoms with Crippen molar-refractivity contribution in [2.45, 2.75) is 6.42 Å². The molecule has 0 radical (unpaired) electrons. The fourth-order valence-electron chi connectivity index (χ4n) is 2.52. The highest BCUT2D eigenvalue weighted by Gasteiger charge is 2.54. The number of carbonyl (C=O) groups is 4. The Kier molecular flexibility index (Phi) is 4.23. The van der Waals surface area contributed by atoms with E-state index in [-0.39, 0.29) is 11.1 Å². The zero-order chi connectivity index (χ0) is 18.1. The predicted octanol–water partition coefficient (Wildman–Crippen LogP) is 1.34. The first-order valence-electron chi connectivity index (χ1n) is 6.65. The van der Waals surface area contributed by atoms with Crippen molar-refractivity contribution in [3.63, 3.8) is 0 Å². The van der Waals surface area contributed by atoms with E-state index in [9.17, 15) is 29.4 Å². The Bertz CT molecular complexity index is 784. The molecule has 2 rings (SSSR count). The lowest BCUT2D eigenvalue weighted by molar-refractivity contribution is -0.163. The molecule has 0 heterocycles. The monoisotopic (exact) mass is 332 g/mol. The van der Waals surface area contributed by atoms with Gasteiger partial charge in [0.25, 0.3) is 0 Å². The summed E-state index contributed by atoms with van der Waals surface area (Å²) in [5, 5.41) is 36.7. The molecule has 8 heteroatoms. The molecule has 1 aliphatic carbocycles. The van der Waals surface area contributed by atoms with Crippen LogP contribution in [0.25, 0.3) is 5.57 Å². The second-order valence-corrected chi connectivity index (χ2v) is 5.15. The van der Waals surface area contributed by atoms with Gasteiger partial charge in [-0.3, -0.25) is 9.59 Å². The molecule has 0 aromatic heterocycles. The maximum atomic E-state index is 11.6. The third-order valence-electron chi connectivity index (χ3n) is 3.83. The number of aromatic carboxylic acids is 1. The van der Waals surface area contributed by atoms with Crippen LogP contribution in [-0.2, 0) is 14.4 Å². The largest absolute Gasteiger partial charge is 0.480 e. The van der Waals surface area contributed by atoms with E-state index in [1.807, 2.05) is 0 Å².